The molecular weight excluding hydrogens is 688 g/mol. The second-order valence-corrected chi connectivity index (χ2v) is 16.1. The maximum atomic E-state index is 13.8. The molecule has 15 heteroatoms. The maximum absolute atomic E-state index is 13.8. The zero-order valence-electron chi connectivity index (χ0n) is 27.6. The summed E-state index contributed by atoms with van der Waals surface area (Å²) in [6.07, 6.45) is -3.12. The third-order valence-electron chi connectivity index (χ3n) is 9.28. The molecule has 1 saturated heterocycles. The zero-order chi connectivity index (χ0) is 35.1. The van der Waals surface area contributed by atoms with Crippen molar-refractivity contribution in [3.8, 4) is 0 Å². The fourth-order valence-electron chi connectivity index (χ4n) is 6.19. The van der Waals surface area contributed by atoms with Crippen LogP contribution >= 0.6 is 23.2 Å². The number of carbonyl (C=O) groups is 2. The molecule has 1 aromatic heterocycles. The van der Waals surface area contributed by atoms with E-state index in [1.54, 1.807) is 29.8 Å². The van der Waals surface area contributed by atoms with Crippen molar-refractivity contribution in [3.63, 3.8) is 0 Å². The summed E-state index contributed by atoms with van der Waals surface area (Å²) in [6.45, 7) is 5.65. The number of amides is 2. The summed E-state index contributed by atoms with van der Waals surface area (Å²) in [4.78, 5) is 33.0. The number of alkyl halides is 3. The fraction of sp³-hybridized carbons (Fsp3) is 0.545. The summed E-state index contributed by atoms with van der Waals surface area (Å²) in [6, 6.07) is 6.52. The van der Waals surface area contributed by atoms with Crippen LogP contribution in [0.4, 0.5) is 30.5 Å². The van der Waals surface area contributed by atoms with Gasteiger partial charge in [-0.15, -0.1) is 0 Å². The Morgan fingerprint density at radius 3 is 2.40 bits per heavy atom. The van der Waals surface area contributed by atoms with Gasteiger partial charge >= 0.3 is 6.18 Å². The second kappa shape index (κ2) is 14.2. The zero-order valence-corrected chi connectivity index (χ0v) is 29.9. The van der Waals surface area contributed by atoms with Crippen LogP contribution in [0.25, 0.3) is 11.0 Å². The molecule has 0 radical (unpaired) electrons. The quantitative estimate of drug-likeness (QED) is 0.214. The number of anilines is 3. The van der Waals surface area contributed by atoms with Gasteiger partial charge in [0.1, 0.15) is 11.5 Å². The van der Waals surface area contributed by atoms with Crippen molar-refractivity contribution in [2.45, 2.75) is 77.7 Å². The number of nitrogens with zero attached hydrogens (tertiary/aromatic N) is 3. The maximum Gasteiger partial charge on any atom is 0.391 e. The van der Waals surface area contributed by atoms with E-state index in [9.17, 15) is 27.3 Å². The molecule has 48 heavy (non-hydrogen) atoms. The minimum Gasteiger partial charge on any atom is -0.616 e. The Hall–Kier alpha value is -2.87. The van der Waals surface area contributed by atoms with Crippen LogP contribution in [0.3, 0.4) is 0 Å². The number of hydrogen-bond acceptors (Lipinski definition) is 6. The molecule has 5 rings (SSSR count). The van der Waals surface area contributed by atoms with Gasteiger partial charge in [-0.3, -0.25) is 9.59 Å². The number of aryl methyl sites for hydroxylation is 1. The van der Waals surface area contributed by atoms with E-state index >= 15 is 0 Å². The molecule has 9 nitrogen and oxygen atoms in total. The first-order valence-corrected chi connectivity index (χ1v) is 18.2. The Morgan fingerprint density at radius 1 is 1.10 bits per heavy atom. The van der Waals surface area contributed by atoms with Gasteiger partial charge in [-0.1, -0.05) is 61.2 Å². The first kappa shape index (κ1) is 36.4. The van der Waals surface area contributed by atoms with Crippen molar-refractivity contribution in [1.82, 2.24) is 20.2 Å². The van der Waals surface area contributed by atoms with Gasteiger partial charge in [0.25, 0.3) is 5.91 Å². The standard InChI is InChI=1S/C33H41Cl2F3N6O3S/c1-32(2,3)30(46)39-16-18-6-11-23(34)28(27(18)35)42-31-41-24-14-22(29(45)40-20-9-7-19(8-10-20)33(36,37)38)25(15-26(24)44(31)5)43(4)21-12-13-48(47)17-21/h6,11,14-15,19-21H,7-10,12-13,16-17H2,1-5H3,(H,39,46)(H,40,45)(H,41,42)/t19-,20-,21?,48?. The van der Waals surface area contributed by atoms with Crippen LogP contribution < -0.4 is 20.9 Å². The molecule has 2 unspecified atom stereocenters. The molecule has 2 amide bonds. The molecule has 2 heterocycles. The lowest BCUT2D eigenvalue weighted by Crippen LogP contribution is -2.41. The molecule has 0 spiro atoms. The summed E-state index contributed by atoms with van der Waals surface area (Å²) in [7, 11) is 3.67. The predicted molar refractivity (Wildman–Crippen MR) is 186 cm³/mol. The van der Waals surface area contributed by atoms with Gasteiger partial charge in [-0.2, -0.15) is 13.2 Å². The number of nitrogens with one attached hydrogen (secondary N) is 3. The van der Waals surface area contributed by atoms with Crippen LogP contribution in [0, 0.1) is 11.3 Å². The van der Waals surface area contributed by atoms with Crippen molar-refractivity contribution in [2.24, 2.45) is 18.4 Å². The number of carbonyl (C=O) groups excluding carboxylic acids is 2. The van der Waals surface area contributed by atoms with Gasteiger partial charge in [0.05, 0.1) is 50.0 Å². The smallest absolute Gasteiger partial charge is 0.391 e. The molecule has 0 bridgehead atoms. The lowest BCUT2D eigenvalue weighted by Gasteiger charge is -2.31. The van der Waals surface area contributed by atoms with Gasteiger partial charge < -0.3 is 30.0 Å². The summed E-state index contributed by atoms with van der Waals surface area (Å²) >= 11 is 12.4. The molecule has 2 atom stereocenters. The van der Waals surface area contributed by atoms with Gasteiger partial charge in [-0.25, -0.2) is 4.98 Å². The van der Waals surface area contributed by atoms with E-state index in [1.165, 1.54) is 0 Å². The third-order valence-corrected chi connectivity index (χ3v) is 11.5. The molecule has 1 aliphatic heterocycles. The molecule has 3 aromatic rings. The van der Waals surface area contributed by atoms with Crippen LogP contribution in [-0.2, 0) is 29.6 Å². The van der Waals surface area contributed by atoms with Crippen molar-refractivity contribution in [2.75, 3.05) is 28.8 Å². The summed E-state index contributed by atoms with van der Waals surface area (Å²) in [5.74, 6) is -0.443. The van der Waals surface area contributed by atoms with E-state index in [1.807, 2.05) is 38.8 Å². The van der Waals surface area contributed by atoms with Crippen molar-refractivity contribution in [1.29, 1.82) is 0 Å². The highest BCUT2D eigenvalue weighted by Gasteiger charge is 2.42. The van der Waals surface area contributed by atoms with Gasteiger partial charge in [0.15, 0.2) is 0 Å². The molecule has 1 saturated carbocycles. The highest BCUT2D eigenvalue weighted by Crippen LogP contribution is 2.39. The van der Waals surface area contributed by atoms with Gasteiger partial charge in [0, 0.05) is 38.5 Å². The largest absolute Gasteiger partial charge is 0.616 e. The van der Waals surface area contributed by atoms with Crippen LogP contribution in [-0.4, -0.2) is 62.7 Å². The van der Waals surface area contributed by atoms with E-state index in [0.717, 1.165) is 0 Å². The van der Waals surface area contributed by atoms with Gasteiger partial charge in [-0.05, 0) is 49.4 Å². The molecule has 1 aliphatic carbocycles. The van der Waals surface area contributed by atoms with E-state index in [4.69, 9.17) is 28.2 Å². The Bertz CT molecular complexity index is 1690. The molecule has 262 valence electrons. The van der Waals surface area contributed by atoms with Crippen molar-refractivity contribution >= 4 is 74.5 Å². The number of halogens is 5. The normalized spacial score (nSPS) is 21.7. The monoisotopic (exact) mass is 728 g/mol. The Balaban J connectivity index is 1.45. The molecule has 2 aliphatic rings. The lowest BCUT2D eigenvalue weighted by atomic mass is 9.85. The number of hydrogen-bond donors (Lipinski definition) is 3. The van der Waals surface area contributed by atoms with E-state index in [0.29, 0.717) is 67.5 Å². The number of benzene rings is 2. The summed E-state index contributed by atoms with van der Waals surface area (Å²) in [5.41, 5.74) is 2.61. The average molecular weight is 730 g/mol. The Kier molecular flexibility index (Phi) is 10.7. The number of imidazole rings is 1. The van der Waals surface area contributed by atoms with Crippen LogP contribution in [0.5, 0.6) is 0 Å². The fourth-order valence-corrected chi connectivity index (χ4v) is 8.24. The molecule has 2 aromatic carbocycles. The Labute approximate surface area is 291 Å². The number of aromatic nitrogens is 2. The summed E-state index contributed by atoms with van der Waals surface area (Å²) in [5, 5.41) is 9.75. The number of fused-ring (bicyclic) bond motifs is 1. The third kappa shape index (κ3) is 7.95. The van der Waals surface area contributed by atoms with Crippen LogP contribution in [0.15, 0.2) is 24.3 Å². The van der Waals surface area contributed by atoms with E-state index in [2.05, 4.69) is 16.0 Å². The van der Waals surface area contributed by atoms with E-state index in [-0.39, 0.29) is 50.2 Å². The number of rotatable bonds is 8. The molecule has 3 N–H and O–H groups in total. The Morgan fingerprint density at radius 2 is 1.79 bits per heavy atom. The average Bonchev–Trinajstić information content (AvgIpc) is 3.59. The van der Waals surface area contributed by atoms with Crippen molar-refractivity contribution < 1.29 is 27.3 Å². The molecular formula is C33H41Cl2F3N6O3S. The molecule has 2 fully saturated rings. The second-order valence-electron chi connectivity index (χ2n) is 13.7. The minimum absolute atomic E-state index is 0.0291. The van der Waals surface area contributed by atoms with Gasteiger partial charge in [0.2, 0.25) is 11.9 Å². The predicted octanol–water partition coefficient (Wildman–Crippen LogP) is 7.09. The summed E-state index contributed by atoms with van der Waals surface area (Å²) < 4.78 is 53.8. The topological polar surface area (TPSA) is 114 Å². The minimum atomic E-state index is -4.24. The lowest BCUT2D eigenvalue weighted by molar-refractivity contribution is -0.182. The highest BCUT2D eigenvalue weighted by molar-refractivity contribution is 7.91. The van der Waals surface area contributed by atoms with E-state index < -0.39 is 34.6 Å². The SMILES string of the molecule is CN(c1cc2c(cc1C(=O)N[C@H]1CC[C@H](C(F)(F)F)CC1)nc(Nc1c(Cl)ccc(CNC(=O)C(C)(C)C)c1Cl)n2C)C1CC[S+]([O-])C1. The van der Waals surface area contributed by atoms with Crippen LogP contribution in [0.1, 0.15) is 68.8 Å². The highest BCUT2D eigenvalue weighted by atomic mass is 35.5. The van der Waals surface area contributed by atoms with Crippen molar-refractivity contribution in [3.05, 3.63) is 45.4 Å². The first-order chi connectivity index (χ1) is 22.4. The van der Waals surface area contributed by atoms with Crippen LogP contribution in [0.2, 0.25) is 10.0 Å². The first-order valence-electron chi connectivity index (χ1n) is 15.9.